The summed E-state index contributed by atoms with van der Waals surface area (Å²) in [5.74, 6) is 0.644. The zero-order chi connectivity index (χ0) is 29.1. The number of para-hydroxylation sites is 2. The zero-order valence-electron chi connectivity index (χ0n) is 23.2. The second-order valence-electron chi connectivity index (χ2n) is 10.4. The average Bonchev–Trinajstić information content (AvgIpc) is 3.57. The van der Waals surface area contributed by atoms with Gasteiger partial charge in [0.05, 0.1) is 22.7 Å². The van der Waals surface area contributed by atoms with E-state index in [1.807, 2.05) is 67.8 Å². The summed E-state index contributed by atoms with van der Waals surface area (Å²) in [5, 5.41) is 1.20. The van der Waals surface area contributed by atoms with Crippen molar-refractivity contribution in [2.24, 2.45) is 11.7 Å². The molecule has 2 amide bonds. The number of rotatable bonds is 9. The zero-order valence-corrected chi connectivity index (χ0v) is 24.8. The van der Waals surface area contributed by atoms with Crippen molar-refractivity contribution in [1.82, 2.24) is 14.5 Å². The Morgan fingerprint density at radius 2 is 1.85 bits per heavy atom. The van der Waals surface area contributed by atoms with Gasteiger partial charge in [-0.25, -0.2) is 9.78 Å². The van der Waals surface area contributed by atoms with E-state index in [9.17, 15) is 9.59 Å². The first-order valence-electron chi connectivity index (χ1n) is 13.6. The van der Waals surface area contributed by atoms with Gasteiger partial charge in [-0.1, -0.05) is 49.7 Å². The van der Waals surface area contributed by atoms with Crippen LogP contribution in [0.5, 0.6) is 11.5 Å². The van der Waals surface area contributed by atoms with Crippen molar-refractivity contribution in [2.45, 2.75) is 45.8 Å². The number of piperidine rings is 1. The SMILES string of the molecule is CC(C)COC(=O)N1CCC(Oc2cccc([C@@H](C)Oc3cc(-n4cnc5ccccc54)sc3C(N)=O)c2Cl)CC1. The maximum atomic E-state index is 12.3. The molecule has 216 valence electrons. The van der Waals surface area contributed by atoms with Gasteiger partial charge in [0.15, 0.2) is 0 Å². The van der Waals surface area contributed by atoms with Crippen LogP contribution in [0.25, 0.3) is 16.0 Å². The van der Waals surface area contributed by atoms with Gasteiger partial charge < -0.3 is 24.8 Å². The summed E-state index contributed by atoms with van der Waals surface area (Å²) in [7, 11) is 0. The van der Waals surface area contributed by atoms with E-state index in [0.717, 1.165) is 21.6 Å². The summed E-state index contributed by atoms with van der Waals surface area (Å²) in [5.41, 5.74) is 8.19. The highest BCUT2D eigenvalue weighted by Gasteiger charge is 2.27. The molecule has 1 fully saturated rings. The van der Waals surface area contributed by atoms with E-state index in [1.165, 1.54) is 11.3 Å². The van der Waals surface area contributed by atoms with E-state index in [0.29, 0.717) is 59.9 Å². The molecule has 3 heterocycles. The van der Waals surface area contributed by atoms with Crippen molar-refractivity contribution in [3.63, 3.8) is 0 Å². The molecule has 5 rings (SSSR count). The molecule has 0 spiro atoms. The molecule has 2 N–H and O–H groups in total. The molecule has 41 heavy (non-hydrogen) atoms. The van der Waals surface area contributed by atoms with Crippen molar-refractivity contribution >= 4 is 46.0 Å². The van der Waals surface area contributed by atoms with Crippen LogP contribution in [0.3, 0.4) is 0 Å². The number of halogens is 1. The third kappa shape index (κ3) is 6.44. The number of fused-ring (bicyclic) bond motifs is 1. The third-order valence-corrected chi connectivity index (χ3v) is 8.40. The number of amides is 2. The first-order chi connectivity index (χ1) is 19.7. The van der Waals surface area contributed by atoms with Gasteiger partial charge in [-0.3, -0.25) is 9.36 Å². The van der Waals surface area contributed by atoms with Crippen molar-refractivity contribution in [1.29, 1.82) is 0 Å². The number of primary amides is 1. The molecule has 1 aliphatic heterocycles. The van der Waals surface area contributed by atoms with Crippen LogP contribution in [0.1, 0.15) is 55.0 Å². The molecule has 4 aromatic rings. The van der Waals surface area contributed by atoms with Gasteiger partial charge in [-0.05, 0) is 31.0 Å². The number of nitrogens with zero attached hydrogens (tertiary/aromatic N) is 3. The molecule has 0 saturated carbocycles. The van der Waals surface area contributed by atoms with Crippen LogP contribution >= 0.6 is 22.9 Å². The summed E-state index contributed by atoms with van der Waals surface area (Å²) in [4.78, 5) is 31.1. The maximum absolute atomic E-state index is 12.3. The van der Waals surface area contributed by atoms with Crippen LogP contribution in [0.15, 0.2) is 54.9 Å². The number of carbonyl (C=O) groups excluding carboxylic acids is 2. The third-order valence-electron chi connectivity index (χ3n) is 6.87. The number of thiophene rings is 1. The molecule has 0 radical (unpaired) electrons. The van der Waals surface area contributed by atoms with Gasteiger partial charge in [0.25, 0.3) is 5.91 Å². The Morgan fingerprint density at radius 1 is 1.10 bits per heavy atom. The maximum Gasteiger partial charge on any atom is 0.409 e. The number of likely N-dealkylation sites (tertiary alicyclic amines) is 1. The Bertz CT molecular complexity index is 1540. The van der Waals surface area contributed by atoms with Crippen molar-refractivity contribution in [3.8, 4) is 16.5 Å². The topological polar surface area (TPSA) is 109 Å². The van der Waals surface area contributed by atoms with E-state index in [2.05, 4.69) is 4.98 Å². The lowest BCUT2D eigenvalue weighted by atomic mass is 10.1. The molecule has 2 aromatic carbocycles. The van der Waals surface area contributed by atoms with Gasteiger partial charge in [0, 0.05) is 37.6 Å². The molecule has 0 aliphatic carbocycles. The second kappa shape index (κ2) is 12.4. The summed E-state index contributed by atoms with van der Waals surface area (Å²) >= 11 is 8.05. The summed E-state index contributed by atoms with van der Waals surface area (Å²) in [6.07, 6.45) is 2.20. The largest absolute Gasteiger partial charge is 0.489 e. The molecule has 9 nitrogen and oxygen atoms in total. The summed E-state index contributed by atoms with van der Waals surface area (Å²) < 4.78 is 19.8. The predicted octanol–water partition coefficient (Wildman–Crippen LogP) is 6.62. The van der Waals surface area contributed by atoms with Crippen LogP contribution in [-0.2, 0) is 4.74 Å². The normalized spacial score (nSPS) is 14.8. The number of imidazole rings is 1. The van der Waals surface area contributed by atoms with E-state index in [1.54, 1.807) is 17.3 Å². The highest BCUT2D eigenvalue weighted by Crippen LogP contribution is 2.39. The van der Waals surface area contributed by atoms with Gasteiger partial charge in [0.1, 0.15) is 39.9 Å². The number of benzene rings is 2. The fraction of sp³-hybridized carbons (Fsp3) is 0.367. The smallest absolute Gasteiger partial charge is 0.409 e. The molecular formula is C30H33ClN4O5S. The van der Waals surface area contributed by atoms with Gasteiger partial charge >= 0.3 is 6.09 Å². The first-order valence-corrected chi connectivity index (χ1v) is 14.8. The standard InChI is InChI=1S/C30H33ClN4O5S/c1-18(2)16-38-30(37)34-13-11-20(12-14-34)40-24-10-6-7-21(27(24)31)19(3)39-25-15-26(41-28(25)29(32)36)35-17-33-22-8-4-5-9-23(22)35/h4-10,15,17-20H,11-14,16H2,1-3H3,(H2,32,36)/t19-/m1/s1. The Morgan fingerprint density at radius 3 is 2.59 bits per heavy atom. The Labute approximate surface area is 247 Å². The molecule has 11 heteroatoms. The number of nitrogens with two attached hydrogens (primary N) is 1. The lowest BCUT2D eigenvalue weighted by Gasteiger charge is -2.32. The van der Waals surface area contributed by atoms with Crippen LogP contribution in [-0.4, -0.2) is 52.3 Å². The molecule has 0 unspecified atom stereocenters. The van der Waals surface area contributed by atoms with Crippen LogP contribution in [0.2, 0.25) is 5.02 Å². The van der Waals surface area contributed by atoms with Gasteiger partial charge in [-0.15, -0.1) is 11.3 Å². The van der Waals surface area contributed by atoms with Crippen LogP contribution in [0, 0.1) is 5.92 Å². The van der Waals surface area contributed by atoms with Gasteiger partial charge in [-0.2, -0.15) is 0 Å². The molecule has 2 aromatic heterocycles. The minimum atomic E-state index is -0.574. The van der Waals surface area contributed by atoms with E-state index < -0.39 is 12.0 Å². The van der Waals surface area contributed by atoms with E-state index >= 15 is 0 Å². The fourth-order valence-corrected chi connectivity index (χ4v) is 5.98. The number of hydrogen-bond acceptors (Lipinski definition) is 7. The number of hydrogen-bond donors (Lipinski definition) is 1. The summed E-state index contributed by atoms with van der Waals surface area (Å²) in [6, 6.07) is 15.1. The minimum absolute atomic E-state index is 0.0842. The number of aromatic nitrogens is 2. The minimum Gasteiger partial charge on any atom is -0.489 e. The molecular weight excluding hydrogens is 564 g/mol. The van der Waals surface area contributed by atoms with Crippen molar-refractivity contribution < 1.29 is 23.8 Å². The lowest BCUT2D eigenvalue weighted by molar-refractivity contribution is 0.0617. The Balaban J connectivity index is 1.28. The van der Waals surface area contributed by atoms with Gasteiger partial charge in [0.2, 0.25) is 0 Å². The van der Waals surface area contributed by atoms with Crippen molar-refractivity contribution in [2.75, 3.05) is 19.7 Å². The fourth-order valence-electron chi connectivity index (χ4n) is 4.73. The molecule has 1 atom stereocenters. The first kappa shape index (κ1) is 28.8. The summed E-state index contributed by atoms with van der Waals surface area (Å²) in [6.45, 7) is 7.40. The van der Waals surface area contributed by atoms with E-state index in [-0.39, 0.29) is 12.2 Å². The Hall–Kier alpha value is -3.76. The Kier molecular flexibility index (Phi) is 8.70. The van der Waals surface area contributed by atoms with Crippen molar-refractivity contribution in [3.05, 3.63) is 70.3 Å². The van der Waals surface area contributed by atoms with Crippen LogP contribution in [0.4, 0.5) is 4.79 Å². The predicted molar refractivity (Wildman–Crippen MR) is 159 cm³/mol. The highest BCUT2D eigenvalue weighted by molar-refractivity contribution is 7.16. The molecule has 1 saturated heterocycles. The molecule has 1 aliphatic rings. The van der Waals surface area contributed by atoms with Crippen LogP contribution < -0.4 is 15.2 Å². The average molecular weight is 597 g/mol. The monoisotopic (exact) mass is 596 g/mol. The number of carbonyl (C=O) groups is 2. The van der Waals surface area contributed by atoms with E-state index in [4.69, 9.17) is 31.5 Å². The molecule has 0 bridgehead atoms. The highest BCUT2D eigenvalue weighted by atomic mass is 35.5. The second-order valence-corrected chi connectivity index (χ2v) is 11.8. The number of ether oxygens (including phenoxy) is 3. The quantitative estimate of drug-likeness (QED) is 0.233. The lowest BCUT2D eigenvalue weighted by Crippen LogP contribution is -2.42.